The van der Waals surface area contributed by atoms with E-state index in [1.54, 1.807) is 0 Å². The largest absolute Gasteiger partial charge is 0.370 e. The monoisotopic (exact) mass is 353 g/mol. The van der Waals surface area contributed by atoms with Crippen LogP contribution in [0, 0.1) is 0 Å². The van der Waals surface area contributed by atoms with Crippen LogP contribution in [0.4, 0.5) is 11.8 Å². The molecule has 0 saturated heterocycles. The normalized spacial score (nSPS) is 15.2. The van der Waals surface area contributed by atoms with E-state index in [2.05, 4.69) is 60.0 Å². The molecule has 0 spiro atoms. The number of nitrogens with zero attached hydrogens (tertiary/aromatic N) is 3. The lowest BCUT2D eigenvalue weighted by atomic mass is 9.96. The molecule has 0 amide bonds. The summed E-state index contributed by atoms with van der Waals surface area (Å²) in [5.74, 6) is 1.64. The Morgan fingerprint density at radius 1 is 1.04 bits per heavy atom. The number of anilines is 2. The van der Waals surface area contributed by atoms with Gasteiger partial charge >= 0.3 is 0 Å². The molecule has 1 aromatic heterocycles. The summed E-state index contributed by atoms with van der Waals surface area (Å²) in [6.45, 7) is 1.98. The molecule has 0 aliphatic heterocycles. The van der Waals surface area contributed by atoms with Crippen molar-refractivity contribution in [3.05, 3.63) is 36.4 Å². The third-order valence-electron chi connectivity index (χ3n) is 4.82. The smallest absolute Gasteiger partial charge is 0.225 e. The Kier molecular flexibility index (Phi) is 6.83. The first-order chi connectivity index (χ1) is 12.7. The molecule has 26 heavy (non-hydrogen) atoms. The highest BCUT2D eigenvalue weighted by Crippen LogP contribution is 2.24. The molecule has 1 aliphatic carbocycles. The van der Waals surface area contributed by atoms with E-state index in [0.717, 1.165) is 42.5 Å². The highest BCUT2D eigenvalue weighted by Gasteiger charge is 2.15. The van der Waals surface area contributed by atoms with Gasteiger partial charge in [-0.05, 0) is 39.9 Å². The lowest BCUT2D eigenvalue weighted by molar-refractivity contribution is 0.405. The lowest BCUT2D eigenvalue weighted by Gasteiger charge is -2.23. The van der Waals surface area contributed by atoms with Gasteiger partial charge in [0.25, 0.3) is 0 Å². The van der Waals surface area contributed by atoms with E-state index in [1.165, 1.54) is 32.1 Å². The average Bonchev–Trinajstić information content (AvgIpc) is 2.66. The second-order valence-corrected chi connectivity index (χ2v) is 7.39. The molecule has 2 aromatic rings. The summed E-state index contributed by atoms with van der Waals surface area (Å²) in [4.78, 5) is 11.7. The van der Waals surface area contributed by atoms with Crippen LogP contribution < -0.4 is 10.6 Å². The summed E-state index contributed by atoms with van der Waals surface area (Å²) in [6.07, 6.45) is 7.46. The Morgan fingerprint density at radius 3 is 2.54 bits per heavy atom. The van der Waals surface area contributed by atoms with Gasteiger partial charge in [-0.3, -0.25) is 0 Å². The first-order valence-electron chi connectivity index (χ1n) is 9.80. The zero-order chi connectivity index (χ0) is 18.2. The van der Waals surface area contributed by atoms with Crippen molar-refractivity contribution in [3.8, 4) is 11.3 Å². The van der Waals surface area contributed by atoms with E-state index in [4.69, 9.17) is 9.97 Å². The van der Waals surface area contributed by atoms with Gasteiger partial charge in [0.05, 0.1) is 5.69 Å². The standard InChI is InChI=1S/C21H31N5/c1-26(2)15-9-14-22-20-16-19(17-10-5-3-6-11-17)24-21(25-20)23-18-12-7-4-8-13-18/h3,5-6,10-11,16,18H,4,7-9,12-15H2,1-2H3,(H2,22,23,24,25). The number of hydrogen-bond donors (Lipinski definition) is 2. The fraction of sp³-hybridized carbons (Fsp3) is 0.524. The summed E-state index contributed by atoms with van der Waals surface area (Å²) >= 11 is 0. The maximum absolute atomic E-state index is 4.78. The van der Waals surface area contributed by atoms with Gasteiger partial charge in [0.15, 0.2) is 0 Å². The Hall–Kier alpha value is -2.14. The fourth-order valence-corrected chi connectivity index (χ4v) is 3.40. The highest BCUT2D eigenvalue weighted by molar-refractivity contribution is 5.64. The molecule has 1 heterocycles. The van der Waals surface area contributed by atoms with Gasteiger partial charge in [0.2, 0.25) is 5.95 Å². The molecule has 3 rings (SSSR count). The second-order valence-electron chi connectivity index (χ2n) is 7.39. The minimum absolute atomic E-state index is 0.497. The highest BCUT2D eigenvalue weighted by atomic mass is 15.2. The van der Waals surface area contributed by atoms with Crippen molar-refractivity contribution in [1.29, 1.82) is 0 Å². The Labute approximate surface area is 157 Å². The van der Waals surface area contributed by atoms with Gasteiger partial charge in [-0.2, -0.15) is 4.98 Å². The van der Waals surface area contributed by atoms with Crippen molar-refractivity contribution in [2.24, 2.45) is 0 Å². The van der Waals surface area contributed by atoms with Crippen LogP contribution >= 0.6 is 0 Å². The molecule has 2 N–H and O–H groups in total. The zero-order valence-electron chi connectivity index (χ0n) is 16.0. The predicted octanol–water partition coefficient (Wildman–Crippen LogP) is 4.25. The molecule has 5 nitrogen and oxygen atoms in total. The van der Waals surface area contributed by atoms with E-state index < -0.39 is 0 Å². The van der Waals surface area contributed by atoms with Crippen LogP contribution in [0.25, 0.3) is 11.3 Å². The third-order valence-corrected chi connectivity index (χ3v) is 4.82. The van der Waals surface area contributed by atoms with Crippen molar-refractivity contribution < 1.29 is 0 Å². The molecule has 0 bridgehead atoms. The average molecular weight is 354 g/mol. The predicted molar refractivity (Wildman–Crippen MR) is 110 cm³/mol. The van der Waals surface area contributed by atoms with Crippen molar-refractivity contribution >= 4 is 11.8 Å². The molecule has 0 atom stereocenters. The SMILES string of the molecule is CN(C)CCCNc1cc(-c2ccccc2)nc(NC2CCCCC2)n1. The maximum Gasteiger partial charge on any atom is 0.225 e. The summed E-state index contributed by atoms with van der Waals surface area (Å²) in [7, 11) is 4.20. The van der Waals surface area contributed by atoms with Crippen LogP contribution in [0.1, 0.15) is 38.5 Å². The molecule has 5 heteroatoms. The van der Waals surface area contributed by atoms with Gasteiger partial charge in [-0.25, -0.2) is 4.98 Å². The summed E-state index contributed by atoms with van der Waals surface area (Å²) in [5.41, 5.74) is 2.09. The zero-order valence-corrected chi connectivity index (χ0v) is 16.0. The molecule has 1 aliphatic rings. The summed E-state index contributed by atoms with van der Waals surface area (Å²) in [6, 6.07) is 12.9. The van der Waals surface area contributed by atoms with Crippen LogP contribution in [0.5, 0.6) is 0 Å². The molecule has 1 fully saturated rings. The first-order valence-corrected chi connectivity index (χ1v) is 9.80. The first kappa shape index (κ1) is 18.6. The number of aromatic nitrogens is 2. The van der Waals surface area contributed by atoms with E-state index >= 15 is 0 Å². The van der Waals surface area contributed by atoms with Gasteiger partial charge in [-0.15, -0.1) is 0 Å². The Bertz CT molecular complexity index is 665. The lowest BCUT2D eigenvalue weighted by Crippen LogP contribution is -2.24. The number of nitrogens with one attached hydrogen (secondary N) is 2. The van der Waals surface area contributed by atoms with Gasteiger partial charge in [-0.1, -0.05) is 49.6 Å². The maximum atomic E-state index is 4.78. The Morgan fingerprint density at radius 2 is 1.81 bits per heavy atom. The van der Waals surface area contributed by atoms with E-state index in [-0.39, 0.29) is 0 Å². The number of hydrogen-bond acceptors (Lipinski definition) is 5. The quantitative estimate of drug-likeness (QED) is 0.695. The Balaban J connectivity index is 1.74. The van der Waals surface area contributed by atoms with Gasteiger partial charge in [0.1, 0.15) is 5.82 Å². The van der Waals surface area contributed by atoms with Crippen molar-refractivity contribution in [2.75, 3.05) is 37.8 Å². The van der Waals surface area contributed by atoms with Crippen LogP contribution in [0.3, 0.4) is 0 Å². The van der Waals surface area contributed by atoms with Crippen LogP contribution in [-0.2, 0) is 0 Å². The van der Waals surface area contributed by atoms with Crippen molar-refractivity contribution in [3.63, 3.8) is 0 Å². The number of benzene rings is 1. The molecule has 0 radical (unpaired) electrons. The minimum Gasteiger partial charge on any atom is -0.370 e. The summed E-state index contributed by atoms with van der Waals surface area (Å²) < 4.78 is 0. The molecule has 1 aromatic carbocycles. The number of rotatable bonds is 8. The van der Waals surface area contributed by atoms with E-state index in [1.807, 2.05) is 6.07 Å². The third kappa shape index (κ3) is 5.70. The fourth-order valence-electron chi connectivity index (χ4n) is 3.40. The van der Waals surface area contributed by atoms with Crippen molar-refractivity contribution in [1.82, 2.24) is 14.9 Å². The van der Waals surface area contributed by atoms with Crippen LogP contribution in [0.2, 0.25) is 0 Å². The van der Waals surface area contributed by atoms with Crippen molar-refractivity contribution in [2.45, 2.75) is 44.6 Å². The topological polar surface area (TPSA) is 53.1 Å². The molecule has 1 saturated carbocycles. The van der Waals surface area contributed by atoms with Crippen LogP contribution in [0.15, 0.2) is 36.4 Å². The van der Waals surface area contributed by atoms with Crippen LogP contribution in [-0.4, -0.2) is 48.1 Å². The second kappa shape index (κ2) is 9.53. The molecular weight excluding hydrogens is 322 g/mol. The molecule has 0 unspecified atom stereocenters. The molecular formula is C21H31N5. The van der Waals surface area contributed by atoms with Gasteiger partial charge in [0, 0.05) is 24.2 Å². The molecule has 140 valence electrons. The van der Waals surface area contributed by atoms with E-state index in [0.29, 0.717) is 6.04 Å². The minimum atomic E-state index is 0.497. The summed E-state index contributed by atoms with van der Waals surface area (Å²) in [5, 5.41) is 7.04. The van der Waals surface area contributed by atoms with Gasteiger partial charge < -0.3 is 15.5 Å². The van der Waals surface area contributed by atoms with E-state index in [9.17, 15) is 0 Å².